The van der Waals surface area contributed by atoms with Crippen molar-refractivity contribution in [3.63, 3.8) is 0 Å². The lowest BCUT2D eigenvalue weighted by Gasteiger charge is -1.95. The quantitative estimate of drug-likeness (QED) is 0.673. The molecule has 19 heavy (non-hydrogen) atoms. The van der Waals surface area contributed by atoms with E-state index < -0.39 is 0 Å². The van der Waals surface area contributed by atoms with Gasteiger partial charge in [-0.15, -0.1) is 11.3 Å². The van der Waals surface area contributed by atoms with Crippen LogP contribution in [0.3, 0.4) is 0 Å². The fraction of sp³-hybridized carbons (Fsp3) is 0.154. The molecule has 0 aliphatic rings. The molecule has 2 heterocycles. The molecule has 0 radical (unpaired) electrons. The van der Waals surface area contributed by atoms with Crippen LogP contribution in [0.1, 0.15) is 16.5 Å². The molecule has 1 amide bonds. The summed E-state index contributed by atoms with van der Waals surface area (Å²) in [6.45, 7) is 1.91. The number of amides is 1. The summed E-state index contributed by atoms with van der Waals surface area (Å²) >= 11 is 1.53. The lowest BCUT2D eigenvalue weighted by Crippen LogP contribution is -2.19. The van der Waals surface area contributed by atoms with E-state index in [1.807, 2.05) is 18.4 Å². The summed E-state index contributed by atoms with van der Waals surface area (Å²) in [5.41, 5.74) is 3.20. The number of hydrazone groups is 1. The highest BCUT2D eigenvalue weighted by molar-refractivity contribution is 7.09. The normalized spacial score (nSPS) is 11.4. The number of carbonyl (C=O) groups is 1. The number of allylic oxidation sites excluding steroid dienone is 1. The second kappa shape index (κ2) is 6.65. The first-order valence-corrected chi connectivity index (χ1v) is 6.55. The van der Waals surface area contributed by atoms with Crippen LogP contribution in [-0.2, 0) is 11.2 Å². The molecule has 0 unspecified atom stereocenters. The standard InChI is InChI=1S/C13H13N3O2S/c1-10-15-11(9-19-10)8-13(17)16-14-6-2-4-12-5-3-7-18-12/h2-7,9H,8H2,1H3,(H,16,17)/b4-2-,14-6?. The number of rotatable bonds is 5. The Hall–Kier alpha value is -2.21. The molecular formula is C13H13N3O2S. The molecule has 0 saturated carbocycles. The fourth-order valence-corrected chi connectivity index (χ4v) is 1.98. The number of hydrogen-bond acceptors (Lipinski definition) is 5. The number of aryl methyl sites for hydroxylation is 1. The van der Waals surface area contributed by atoms with Gasteiger partial charge in [0.1, 0.15) is 5.76 Å². The number of thiazole rings is 1. The van der Waals surface area contributed by atoms with E-state index in [-0.39, 0.29) is 12.3 Å². The topological polar surface area (TPSA) is 67.5 Å². The van der Waals surface area contributed by atoms with Gasteiger partial charge in [0.25, 0.3) is 0 Å². The first-order valence-electron chi connectivity index (χ1n) is 5.67. The highest BCUT2D eigenvalue weighted by Gasteiger charge is 2.04. The Kier molecular flexibility index (Phi) is 4.63. The summed E-state index contributed by atoms with van der Waals surface area (Å²) in [4.78, 5) is 15.7. The van der Waals surface area contributed by atoms with Gasteiger partial charge in [0.05, 0.1) is 23.4 Å². The SMILES string of the molecule is Cc1nc(CC(=O)NN=C/C=C\c2ccco2)cs1. The van der Waals surface area contributed by atoms with Gasteiger partial charge < -0.3 is 4.42 Å². The van der Waals surface area contributed by atoms with Crippen molar-refractivity contribution >= 4 is 29.5 Å². The summed E-state index contributed by atoms with van der Waals surface area (Å²) in [5, 5.41) is 6.62. The van der Waals surface area contributed by atoms with Crippen LogP contribution in [0.2, 0.25) is 0 Å². The predicted molar refractivity (Wildman–Crippen MR) is 74.9 cm³/mol. The molecule has 98 valence electrons. The zero-order chi connectivity index (χ0) is 13.5. The molecule has 5 nitrogen and oxygen atoms in total. The lowest BCUT2D eigenvalue weighted by atomic mass is 10.3. The van der Waals surface area contributed by atoms with Crippen LogP contribution < -0.4 is 5.43 Å². The van der Waals surface area contributed by atoms with Gasteiger partial charge >= 0.3 is 0 Å². The van der Waals surface area contributed by atoms with Gasteiger partial charge in [-0.2, -0.15) is 5.10 Å². The Labute approximate surface area is 114 Å². The number of carbonyl (C=O) groups excluding carboxylic acids is 1. The third kappa shape index (κ3) is 4.51. The van der Waals surface area contributed by atoms with E-state index in [9.17, 15) is 4.79 Å². The molecule has 2 aromatic rings. The zero-order valence-electron chi connectivity index (χ0n) is 10.4. The molecule has 0 aromatic carbocycles. The molecule has 0 bridgehead atoms. The monoisotopic (exact) mass is 275 g/mol. The largest absolute Gasteiger partial charge is 0.465 e. The van der Waals surface area contributed by atoms with Crippen molar-refractivity contribution in [1.82, 2.24) is 10.4 Å². The van der Waals surface area contributed by atoms with Crippen molar-refractivity contribution in [2.45, 2.75) is 13.3 Å². The summed E-state index contributed by atoms with van der Waals surface area (Å²) in [7, 11) is 0. The van der Waals surface area contributed by atoms with E-state index in [2.05, 4.69) is 15.5 Å². The second-order valence-electron chi connectivity index (χ2n) is 3.72. The molecule has 1 N–H and O–H groups in total. The maximum absolute atomic E-state index is 11.5. The second-order valence-corrected chi connectivity index (χ2v) is 4.78. The predicted octanol–water partition coefficient (Wildman–Crippen LogP) is 2.40. The minimum atomic E-state index is -0.187. The molecular weight excluding hydrogens is 262 g/mol. The zero-order valence-corrected chi connectivity index (χ0v) is 11.2. The Morgan fingerprint density at radius 3 is 3.21 bits per heavy atom. The molecule has 0 aliphatic heterocycles. The Morgan fingerprint density at radius 1 is 1.63 bits per heavy atom. The van der Waals surface area contributed by atoms with Crippen molar-refractivity contribution < 1.29 is 9.21 Å². The van der Waals surface area contributed by atoms with E-state index in [1.54, 1.807) is 24.5 Å². The van der Waals surface area contributed by atoms with E-state index in [0.29, 0.717) is 0 Å². The molecule has 0 aliphatic carbocycles. The molecule has 0 fully saturated rings. The number of aromatic nitrogens is 1. The van der Waals surface area contributed by atoms with Crippen LogP contribution in [-0.4, -0.2) is 17.1 Å². The third-order valence-electron chi connectivity index (χ3n) is 2.16. The molecule has 0 atom stereocenters. The average molecular weight is 275 g/mol. The van der Waals surface area contributed by atoms with Gasteiger partial charge in [-0.3, -0.25) is 4.79 Å². The van der Waals surface area contributed by atoms with Crippen molar-refractivity contribution in [3.8, 4) is 0 Å². The minimum absolute atomic E-state index is 0.187. The summed E-state index contributed by atoms with van der Waals surface area (Å²) in [5.74, 6) is 0.545. The maximum Gasteiger partial charge on any atom is 0.246 e. The molecule has 2 rings (SSSR count). The van der Waals surface area contributed by atoms with Crippen LogP contribution >= 0.6 is 11.3 Å². The van der Waals surface area contributed by atoms with Gasteiger partial charge in [0.15, 0.2) is 0 Å². The van der Waals surface area contributed by atoms with Crippen LogP contribution in [0.15, 0.2) is 39.4 Å². The number of hydrogen-bond donors (Lipinski definition) is 1. The highest BCUT2D eigenvalue weighted by Crippen LogP contribution is 2.08. The van der Waals surface area contributed by atoms with Crippen LogP contribution in [0.5, 0.6) is 0 Å². The summed E-state index contributed by atoms with van der Waals surface area (Å²) in [6.07, 6.45) is 6.76. The van der Waals surface area contributed by atoms with Crippen LogP contribution in [0, 0.1) is 6.92 Å². The van der Waals surface area contributed by atoms with E-state index >= 15 is 0 Å². The average Bonchev–Trinajstić information content (AvgIpc) is 3.01. The van der Waals surface area contributed by atoms with Crippen molar-refractivity contribution in [3.05, 3.63) is 46.3 Å². The van der Waals surface area contributed by atoms with Gasteiger partial charge in [0, 0.05) is 11.6 Å². The van der Waals surface area contributed by atoms with E-state index in [1.165, 1.54) is 17.6 Å². The lowest BCUT2D eigenvalue weighted by molar-refractivity contribution is -0.120. The maximum atomic E-state index is 11.5. The number of furan rings is 1. The van der Waals surface area contributed by atoms with Crippen molar-refractivity contribution in [2.24, 2.45) is 5.10 Å². The van der Waals surface area contributed by atoms with E-state index in [0.717, 1.165) is 16.5 Å². The highest BCUT2D eigenvalue weighted by atomic mass is 32.1. The molecule has 0 spiro atoms. The Bertz CT molecular complexity index is 585. The van der Waals surface area contributed by atoms with Gasteiger partial charge in [-0.05, 0) is 31.2 Å². The van der Waals surface area contributed by atoms with E-state index in [4.69, 9.17) is 4.42 Å². The minimum Gasteiger partial charge on any atom is -0.465 e. The Balaban J connectivity index is 1.74. The van der Waals surface area contributed by atoms with Gasteiger partial charge in [0.2, 0.25) is 5.91 Å². The first kappa shape index (κ1) is 13.2. The van der Waals surface area contributed by atoms with Crippen LogP contribution in [0.25, 0.3) is 6.08 Å². The Morgan fingerprint density at radius 2 is 2.53 bits per heavy atom. The molecule has 2 aromatic heterocycles. The summed E-state index contributed by atoms with van der Waals surface area (Å²) in [6, 6.07) is 3.63. The van der Waals surface area contributed by atoms with Gasteiger partial charge in [-0.1, -0.05) is 0 Å². The van der Waals surface area contributed by atoms with Gasteiger partial charge in [-0.25, -0.2) is 10.4 Å². The van der Waals surface area contributed by atoms with Crippen molar-refractivity contribution in [2.75, 3.05) is 0 Å². The number of nitrogens with one attached hydrogen (secondary N) is 1. The molecule has 6 heteroatoms. The number of nitrogens with zero attached hydrogens (tertiary/aromatic N) is 2. The summed E-state index contributed by atoms with van der Waals surface area (Å²) < 4.78 is 5.10. The first-order chi connectivity index (χ1) is 9.24. The van der Waals surface area contributed by atoms with Crippen LogP contribution in [0.4, 0.5) is 0 Å². The smallest absolute Gasteiger partial charge is 0.246 e. The third-order valence-corrected chi connectivity index (χ3v) is 2.98. The van der Waals surface area contributed by atoms with Crippen molar-refractivity contribution in [1.29, 1.82) is 0 Å². The molecule has 0 saturated heterocycles. The fourth-order valence-electron chi connectivity index (χ4n) is 1.37.